The summed E-state index contributed by atoms with van der Waals surface area (Å²) < 4.78 is 15.8. The second-order valence-electron chi connectivity index (χ2n) is 6.32. The van der Waals surface area contributed by atoms with E-state index in [0.29, 0.717) is 12.3 Å². The summed E-state index contributed by atoms with van der Waals surface area (Å²) in [5.74, 6) is -1.93. The van der Waals surface area contributed by atoms with E-state index >= 15 is 0 Å². The normalized spacial score (nSPS) is 16.0. The molecule has 6 nitrogen and oxygen atoms in total. The van der Waals surface area contributed by atoms with Crippen molar-refractivity contribution in [2.24, 2.45) is 0 Å². The molecular formula is C19H25NO5. The van der Waals surface area contributed by atoms with E-state index < -0.39 is 17.7 Å². The van der Waals surface area contributed by atoms with E-state index in [1.165, 1.54) is 32.9 Å². The predicted octanol–water partition coefficient (Wildman–Crippen LogP) is 3.78. The number of rotatable bonds is 8. The molecule has 0 atom stereocenters. The topological polar surface area (TPSA) is 73.9 Å². The van der Waals surface area contributed by atoms with Gasteiger partial charge in [0, 0.05) is 31.8 Å². The van der Waals surface area contributed by atoms with Crippen molar-refractivity contribution in [2.75, 3.05) is 11.9 Å². The molecule has 0 aliphatic carbocycles. The van der Waals surface area contributed by atoms with E-state index in [2.05, 4.69) is 12.2 Å². The maximum Gasteiger partial charge on any atom is 0.350 e. The Morgan fingerprint density at radius 2 is 1.84 bits per heavy atom. The van der Waals surface area contributed by atoms with Crippen LogP contribution in [0.4, 0.5) is 5.69 Å². The van der Waals surface area contributed by atoms with Crippen LogP contribution in [0.25, 0.3) is 0 Å². The van der Waals surface area contributed by atoms with Crippen molar-refractivity contribution in [1.29, 1.82) is 0 Å². The zero-order valence-electron chi connectivity index (χ0n) is 15.0. The van der Waals surface area contributed by atoms with Crippen LogP contribution < -0.4 is 10.1 Å². The zero-order valence-corrected chi connectivity index (χ0v) is 15.0. The molecule has 0 spiro atoms. The molecule has 136 valence electrons. The average molecular weight is 347 g/mol. The first-order valence-electron chi connectivity index (χ1n) is 8.57. The molecule has 1 saturated heterocycles. The second-order valence-corrected chi connectivity index (χ2v) is 6.32. The SMILES string of the molecule is CCCCCCOc1cccc(NC=C2C(=O)OC(C)(C)OC2=O)c1. The third kappa shape index (κ3) is 5.81. The van der Waals surface area contributed by atoms with Crippen LogP contribution in [0.1, 0.15) is 46.5 Å². The van der Waals surface area contributed by atoms with Gasteiger partial charge >= 0.3 is 11.9 Å². The van der Waals surface area contributed by atoms with Crippen molar-refractivity contribution in [3.05, 3.63) is 36.0 Å². The predicted molar refractivity (Wildman–Crippen MR) is 94.0 cm³/mol. The van der Waals surface area contributed by atoms with Gasteiger partial charge < -0.3 is 19.5 Å². The van der Waals surface area contributed by atoms with Gasteiger partial charge in [0.2, 0.25) is 0 Å². The summed E-state index contributed by atoms with van der Waals surface area (Å²) in [7, 11) is 0. The number of hydrogen-bond donors (Lipinski definition) is 1. The maximum absolute atomic E-state index is 11.9. The van der Waals surface area contributed by atoms with E-state index in [1.807, 2.05) is 18.2 Å². The number of carbonyl (C=O) groups is 2. The Labute approximate surface area is 148 Å². The average Bonchev–Trinajstić information content (AvgIpc) is 2.53. The summed E-state index contributed by atoms with van der Waals surface area (Å²) in [5, 5.41) is 2.91. The number of benzene rings is 1. The number of carbonyl (C=O) groups excluding carboxylic acids is 2. The molecule has 0 bridgehead atoms. The van der Waals surface area contributed by atoms with Gasteiger partial charge in [-0.15, -0.1) is 0 Å². The summed E-state index contributed by atoms with van der Waals surface area (Å²) in [6.45, 7) is 5.85. The van der Waals surface area contributed by atoms with E-state index in [0.717, 1.165) is 18.6 Å². The molecule has 1 aromatic rings. The van der Waals surface area contributed by atoms with Crippen molar-refractivity contribution in [1.82, 2.24) is 0 Å². The van der Waals surface area contributed by atoms with Crippen LogP contribution in [0.15, 0.2) is 36.0 Å². The van der Waals surface area contributed by atoms with Gasteiger partial charge in [0.05, 0.1) is 6.61 Å². The Morgan fingerprint density at radius 3 is 2.52 bits per heavy atom. The van der Waals surface area contributed by atoms with Gasteiger partial charge in [0.15, 0.2) is 5.57 Å². The summed E-state index contributed by atoms with van der Waals surface area (Å²) in [5.41, 5.74) is 0.522. The number of hydrogen-bond acceptors (Lipinski definition) is 6. The van der Waals surface area contributed by atoms with Crippen molar-refractivity contribution in [3.63, 3.8) is 0 Å². The molecule has 0 saturated carbocycles. The minimum Gasteiger partial charge on any atom is -0.494 e. The van der Waals surface area contributed by atoms with Gasteiger partial charge in [-0.05, 0) is 18.6 Å². The Balaban J connectivity index is 1.93. The van der Waals surface area contributed by atoms with Gasteiger partial charge in [-0.3, -0.25) is 0 Å². The largest absolute Gasteiger partial charge is 0.494 e. The highest BCUT2D eigenvalue weighted by molar-refractivity contribution is 6.15. The lowest BCUT2D eigenvalue weighted by atomic mass is 10.2. The molecule has 25 heavy (non-hydrogen) atoms. The lowest BCUT2D eigenvalue weighted by Gasteiger charge is -2.29. The number of anilines is 1. The van der Waals surface area contributed by atoms with Gasteiger partial charge in [-0.1, -0.05) is 32.3 Å². The molecule has 1 heterocycles. The van der Waals surface area contributed by atoms with Crippen LogP contribution in [0.3, 0.4) is 0 Å². The van der Waals surface area contributed by atoms with Crippen molar-refractivity contribution in [2.45, 2.75) is 52.2 Å². The van der Waals surface area contributed by atoms with Gasteiger partial charge in [0.1, 0.15) is 5.75 Å². The first kappa shape index (κ1) is 18.8. The lowest BCUT2D eigenvalue weighted by molar-refractivity contribution is -0.222. The lowest BCUT2D eigenvalue weighted by Crippen LogP contribution is -2.42. The number of ether oxygens (including phenoxy) is 3. The fourth-order valence-electron chi connectivity index (χ4n) is 2.33. The van der Waals surface area contributed by atoms with Gasteiger partial charge in [-0.2, -0.15) is 0 Å². The number of unbranched alkanes of at least 4 members (excludes halogenated alkanes) is 3. The summed E-state index contributed by atoms with van der Waals surface area (Å²) in [6, 6.07) is 7.32. The second kappa shape index (κ2) is 8.55. The molecule has 0 amide bonds. The van der Waals surface area contributed by atoms with Crippen molar-refractivity contribution < 1.29 is 23.8 Å². The van der Waals surface area contributed by atoms with Crippen LogP contribution in [0.5, 0.6) is 5.75 Å². The van der Waals surface area contributed by atoms with Crippen LogP contribution in [0, 0.1) is 0 Å². The molecule has 0 radical (unpaired) electrons. The zero-order chi connectivity index (χ0) is 18.3. The minimum absolute atomic E-state index is 0.176. The van der Waals surface area contributed by atoms with Gasteiger partial charge in [0.25, 0.3) is 5.79 Å². The van der Waals surface area contributed by atoms with Crippen LogP contribution >= 0.6 is 0 Å². The highest BCUT2D eigenvalue weighted by Gasteiger charge is 2.38. The fraction of sp³-hybridized carbons (Fsp3) is 0.474. The Hall–Kier alpha value is -2.50. The third-order valence-electron chi connectivity index (χ3n) is 3.60. The highest BCUT2D eigenvalue weighted by Crippen LogP contribution is 2.23. The fourth-order valence-corrected chi connectivity index (χ4v) is 2.33. The van der Waals surface area contributed by atoms with Crippen LogP contribution in [-0.4, -0.2) is 24.3 Å². The Kier molecular flexibility index (Phi) is 6.44. The summed E-state index contributed by atoms with van der Waals surface area (Å²) in [4.78, 5) is 23.8. The first-order chi connectivity index (χ1) is 11.9. The summed E-state index contributed by atoms with van der Waals surface area (Å²) in [6.07, 6.45) is 5.86. The molecule has 6 heteroatoms. The Bertz CT molecular complexity index is 629. The smallest absolute Gasteiger partial charge is 0.350 e. The molecule has 0 aromatic heterocycles. The monoisotopic (exact) mass is 347 g/mol. The van der Waals surface area contributed by atoms with Crippen molar-refractivity contribution >= 4 is 17.6 Å². The number of esters is 2. The van der Waals surface area contributed by atoms with E-state index in [1.54, 1.807) is 6.07 Å². The molecule has 0 unspecified atom stereocenters. The summed E-state index contributed by atoms with van der Waals surface area (Å²) >= 11 is 0. The van der Waals surface area contributed by atoms with E-state index in [9.17, 15) is 9.59 Å². The van der Waals surface area contributed by atoms with Crippen LogP contribution in [0.2, 0.25) is 0 Å². The van der Waals surface area contributed by atoms with Crippen molar-refractivity contribution in [3.8, 4) is 5.75 Å². The first-order valence-corrected chi connectivity index (χ1v) is 8.57. The third-order valence-corrected chi connectivity index (χ3v) is 3.60. The highest BCUT2D eigenvalue weighted by atomic mass is 16.7. The van der Waals surface area contributed by atoms with Gasteiger partial charge in [-0.25, -0.2) is 9.59 Å². The minimum atomic E-state index is -1.24. The van der Waals surface area contributed by atoms with Crippen LogP contribution in [-0.2, 0) is 19.1 Å². The van der Waals surface area contributed by atoms with E-state index in [-0.39, 0.29) is 5.57 Å². The molecule has 1 N–H and O–H groups in total. The Morgan fingerprint density at radius 1 is 1.12 bits per heavy atom. The standard InChI is InChI=1S/C19H25NO5/c1-4-5-6-7-11-23-15-10-8-9-14(12-15)20-13-16-17(21)24-19(2,3)25-18(16)22/h8-10,12-13,20H,4-7,11H2,1-3H3. The quantitative estimate of drug-likeness (QED) is 0.334. The molecular weight excluding hydrogens is 322 g/mol. The van der Waals surface area contributed by atoms with E-state index in [4.69, 9.17) is 14.2 Å². The molecule has 1 aromatic carbocycles. The molecule has 1 aliphatic rings. The number of nitrogens with one attached hydrogen (secondary N) is 1. The molecule has 2 rings (SSSR count). The molecule has 1 fully saturated rings. The number of cyclic esters (lactones) is 2. The molecule has 1 aliphatic heterocycles. The maximum atomic E-state index is 11.9.